The SMILES string of the molecule is C=Cc1sc2cccc(-c3ccccc3N)c2[n+]1CCCCCc1ccccc1.[I-]. The van der Waals surface area contributed by atoms with E-state index >= 15 is 0 Å². The number of nitrogens with two attached hydrogens (primary N) is 1. The van der Waals surface area contributed by atoms with Gasteiger partial charge in [-0.2, -0.15) is 4.57 Å². The fourth-order valence-corrected chi connectivity index (χ4v) is 4.98. The van der Waals surface area contributed by atoms with E-state index in [1.807, 2.05) is 18.2 Å². The largest absolute Gasteiger partial charge is 1.00 e. The molecule has 0 aliphatic rings. The van der Waals surface area contributed by atoms with Crippen molar-refractivity contribution in [2.24, 2.45) is 0 Å². The average Bonchev–Trinajstić information content (AvgIpc) is 3.12. The lowest BCUT2D eigenvalue weighted by Crippen LogP contribution is -3.00. The van der Waals surface area contributed by atoms with E-state index in [-0.39, 0.29) is 24.0 Å². The molecule has 1 aromatic heterocycles. The molecule has 1 heterocycles. The highest BCUT2D eigenvalue weighted by Gasteiger charge is 2.22. The van der Waals surface area contributed by atoms with Gasteiger partial charge in [-0.25, -0.2) is 0 Å². The van der Waals surface area contributed by atoms with Crippen LogP contribution in [0, 0.1) is 0 Å². The number of halogens is 1. The maximum Gasteiger partial charge on any atom is 0.262 e. The summed E-state index contributed by atoms with van der Waals surface area (Å²) in [5.74, 6) is 0. The summed E-state index contributed by atoms with van der Waals surface area (Å²) in [7, 11) is 0. The summed E-state index contributed by atoms with van der Waals surface area (Å²) >= 11 is 1.80. The fourth-order valence-electron chi connectivity index (χ4n) is 3.92. The lowest BCUT2D eigenvalue weighted by molar-refractivity contribution is -0.669. The van der Waals surface area contributed by atoms with E-state index in [1.165, 1.54) is 39.2 Å². The number of fused-ring (bicyclic) bond motifs is 1. The van der Waals surface area contributed by atoms with Gasteiger partial charge in [-0.3, -0.25) is 0 Å². The molecule has 0 aliphatic carbocycles. The quantitative estimate of drug-likeness (QED) is 0.162. The molecule has 0 radical (unpaired) electrons. The molecule has 4 aromatic rings. The lowest BCUT2D eigenvalue weighted by Gasteiger charge is -2.06. The first-order valence-electron chi connectivity index (χ1n) is 10.2. The Hall–Kier alpha value is -2.18. The summed E-state index contributed by atoms with van der Waals surface area (Å²) in [5.41, 5.74) is 12.1. The van der Waals surface area contributed by atoms with Crippen LogP contribution in [0.1, 0.15) is 29.8 Å². The minimum absolute atomic E-state index is 0. The molecule has 0 saturated heterocycles. The molecule has 0 aliphatic heterocycles. The molecular weight excluding hydrogens is 499 g/mol. The highest BCUT2D eigenvalue weighted by Crippen LogP contribution is 2.33. The Balaban J connectivity index is 0.00000256. The molecule has 30 heavy (non-hydrogen) atoms. The first-order chi connectivity index (χ1) is 14.3. The Bertz CT molecular complexity index is 1120. The van der Waals surface area contributed by atoms with Crippen molar-refractivity contribution < 1.29 is 28.5 Å². The first-order valence-corrected chi connectivity index (χ1v) is 11.1. The number of aromatic nitrogens is 1. The highest BCUT2D eigenvalue weighted by atomic mass is 127. The van der Waals surface area contributed by atoms with Crippen molar-refractivity contribution in [1.29, 1.82) is 0 Å². The summed E-state index contributed by atoms with van der Waals surface area (Å²) in [6, 6.07) is 25.4. The number of thiazole rings is 1. The Morgan fingerprint density at radius 3 is 2.33 bits per heavy atom. The van der Waals surface area contributed by atoms with Gasteiger partial charge >= 0.3 is 0 Å². The molecule has 0 fully saturated rings. The zero-order valence-corrected chi connectivity index (χ0v) is 20.0. The van der Waals surface area contributed by atoms with Gasteiger partial charge in [-0.05, 0) is 43.0 Å². The molecule has 0 unspecified atom stereocenters. The predicted octanol–water partition coefficient (Wildman–Crippen LogP) is 3.50. The van der Waals surface area contributed by atoms with Crippen molar-refractivity contribution in [2.75, 3.05) is 5.73 Å². The molecular formula is C26H27IN2S. The van der Waals surface area contributed by atoms with Crippen molar-refractivity contribution in [2.45, 2.75) is 32.2 Å². The Kier molecular flexibility index (Phi) is 8.05. The molecule has 2 N–H and O–H groups in total. The van der Waals surface area contributed by atoms with Crippen LogP contribution in [0.3, 0.4) is 0 Å². The number of rotatable bonds is 8. The Morgan fingerprint density at radius 1 is 0.833 bits per heavy atom. The van der Waals surface area contributed by atoms with Crippen molar-refractivity contribution >= 4 is 33.3 Å². The van der Waals surface area contributed by atoms with Gasteiger partial charge in [0.15, 0.2) is 6.54 Å². The molecule has 154 valence electrons. The lowest BCUT2D eigenvalue weighted by atomic mass is 10.0. The third-order valence-electron chi connectivity index (χ3n) is 5.37. The maximum atomic E-state index is 6.30. The second kappa shape index (κ2) is 10.7. The molecule has 3 aromatic carbocycles. The summed E-state index contributed by atoms with van der Waals surface area (Å²) in [4.78, 5) is 0. The van der Waals surface area contributed by atoms with Gasteiger partial charge in [0.1, 0.15) is 4.70 Å². The standard InChI is InChI=1S/C26H27N2S.HI/c1-2-25-28(19-10-4-7-14-20-12-5-3-6-13-20)26-22(16-11-18-24(26)29-25)21-15-8-9-17-23(21)27;/h2-3,5-6,8-9,11-13,15-18H,1,4,7,10,14,19,27H2;1H/q+1;/p-1. The number of nitrogen functional groups attached to an aromatic ring is 1. The number of unbranched alkanes of at least 4 members (excludes halogenated alkanes) is 2. The average molecular weight is 526 g/mol. The number of aryl methyl sites for hydroxylation is 2. The van der Waals surface area contributed by atoms with Crippen LogP contribution < -0.4 is 34.3 Å². The Morgan fingerprint density at radius 2 is 1.57 bits per heavy atom. The third-order valence-corrected chi connectivity index (χ3v) is 6.51. The molecule has 0 bridgehead atoms. The summed E-state index contributed by atoms with van der Waals surface area (Å²) in [5, 5.41) is 1.21. The van der Waals surface area contributed by atoms with Crippen molar-refractivity contribution in [3.05, 3.63) is 89.9 Å². The molecule has 0 saturated carbocycles. The smallest absolute Gasteiger partial charge is 0.262 e. The van der Waals surface area contributed by atoms with Gasteiger partial charge in [0.25, 0.3) is 5.01 Å². The molecule has 4 rings (SSSR count). The molecule has 0 atom stereocenters. The van der Waals surface area contributed by atoms with Gasteiger partial charge in [-0.1, -0.05) is 72.5 Å². The second-order valence-electron chi connectivity index (χ2n) is 7.33. The Labute approximate surface area is 200 Å². The third kappa shape index (κ3) is 4.93. The van der Waals surface area contributed by atoms with Gasteiger partial charge in [0.05, 0.1) is 5.56 Å². The van der Waals surface area contributed by atoms with Gasteiger partial charge in [0.2, 0.25) is 5.52 Å². The van der Waals surface area contributed by atoms with Crippen LogP contribution in [-0.2, 0) is 13.0 Å². The number of benzene rings is 3. The number of nitrogens with zero attached hydrogens (tertiary/aromatic N) is 1. The van der Waals surface area contributed by atoms with Crippen molar-refractivity contribution in [3.63, 3.8) is 0 Å². The van der Waals surface area contributed by atoms with Crippen molar-refractivity contribution in [1.82, 2.24) is 0 Å². The van der Waals surface area contributed by atoms with Crippen LogP contribution in [0.2, 0.25) is 0 Å². The first kappa shape index (κ1) is 22.5. The van der Waals surface area contributed by atoms with E-state index in [0.29, 0.717) is 0 Å². The van der Waals surface area contributed by atoms with Crippen LogP contribution >= 0.6 is 11.3 Å². The van der Waals surface area contributed by atoms with Crippen LogP contribution in [0.25, 0.3) is 27.4 Å². The van der Waals surface area contributed by atoms with Crippen LogP contribution in [-0.4, -0.2) is 0 Å². The van der Waals surface area contributed by atoms with Gasteiger partial charge in [-0.15, -0.1) is 0 Å². The van der Waals surface area contributed by atoms with Crippen LogP contribution in [0.5, 0.6) is 0 Å². The summed E-state index contributed by atoms with van der Waals surface area (Å²) in [6.45, 7) is 5.06. The summed E-state index contributed by atoms with van der Waals surface area (Å²) in [6.07, 6.45) is 6.71. The minimum atomic E-state index is 0. The van der Waals surface area contributed by atoms with E-state index < -0.39 is 0 Å². The second-order valence-corrected chi connectivity index (χ2v) is 8.39. The fraction of sp³-hybridized carbons (Fsp3) is 0.192. The maximum absolute atomic E-state index is 6.30. The van der Waals surface area contributed by atoms with E-state index in [0.717, 1.165) is 30.6 Å². The minimum Gasteiger partial charge on any atom is -1.00 e. The van der Waals surface area contributed by atoms with E-state index in [9.17, 15) is 0 Å². The number of hydrogen-bond donors (Lipinski definition) is 1. The summed E-state index contributed by atoms with van der Waals surface area (Å²) < 4.78 is 3.71. The number of hydrogen-bond acceptors (Lipinski definition) is 2. The number of para-hydroxylation sites is 2. The molecule has 0 spiro atoms. The normalized spacial score (nSPS) is 10.7. The molecule has 0 amide bonds. The van der Waals surface area contributed by atoms with Gasteiger partial charge < -0.3 is 29.7 Å². The topological polar surface area (TPSA) is 29.9 Å². The predicted molar refractivity (Wildman–Crippen MR) is 126 cm³/mol. The monoisotopic (exact) mass is 526 g/mol. The van der Waals surface area contributed by atoms with Crippen LogP contribution in [0.4, 0.5) is 5.69 Å². The van der Waals surface area contributed by atoms with Crippen LogP contribution in [0.15, 0.2) is 79.4 Å². The zero-order valence-electron chi connectivity index (χ0n) is 17.1. The van der Waals surface area contributed by atoms with E-state index in [2.05, 4.69) is 71.8 Å². The number of anilines is 1. The van der Waals surface area contributed by atoms with Crippen molar-refractivity contribution in [3.8, 4) is 11.1 Å². The zero-order chi connectivity index (χ0) is 20.1. The molecule has 2 nitrogen and oxygen atoms in total. The van der Waals surface area contributed by atoms with Gasteiger partial charge in [0, 0.05) is 23.7 Å². The van der Waals surface area contributed by atoms with E-state index in [1.54, 1.807) is 11.3 Å². The highest BCUT2D eigenvalue weighted by molar-refractivity contribution is 7.18. The molecule has 4 heteroatoms. The van der Waals surface area contributed by atoms with E-state index in [4.69, 9.17) is 5.73 Å².